The van der Waals surface area contributed by atoms with Crippen molar-refractivity contribution in [1.29, 1.82) is 0 Å². The first-order valence-corrected chi connectivity index (χ1v) is 5.21. The molecule has 2 heterocycles. The molecule has 0 amide bonds. The first-order chi connectivity index (χ1) is 6.75. The Hall–Kier alpha value is -1.55. The van der Waals surface area contributed by atoms with Gasteiger partial charge in [-0.1, -0.05) is 0 Å². The van der Waals surface area contributed by atoms with Crippen LogP contribution in [0.15, 0.2) is 29.1 Å². The molecule has 3 N–H and O–H groups in total. The molecule has 0 atom stereocenters. The number of nitrogens with zero attached hydrogens (tertiary/aromatic N) is 1. The van der Waals surface area contributed by atoms with Crippen molar-refractivity contribution in [3.8, 4) is 0 Å². The molecule has 3 nitrogen and oxygen atoms in total. The summed E-state index contributed by atoms with van der Waals surface area (Å²) in [7, 11) is 0. The molecule has 0 unspecified atom stereocenters. The lowest BCUT2D eigenvalue weighted by Crippen LogP contribution is -1.96. The molecular formula is C10H11N3S. The van der Waals surface area contributed by atoms with E-state index in [4.69, 9.17) is 5.73 Å². The third kappa shape index (κ3) is 1.85. The first kappa shape index (κ1) is 9.02. The quantitative estimate of drug-likeness (QED) is 0.792. The Morgan fingerprint density at radius 3 is 3.00 bits per heavy atom. The van der Waals surface area contributed by atoms with Gasteiger partial charge < -0.3 is 11.1 Å². The van der Waals surface area contributed by atoms with Crippen molar-refractivity contribution >= 4 is 28.5 Å². The highest BCUT2D eigenvalue weighted by Crippen LogP contribution is 2.21. The number of hydrogen-bond acceptors (Lipinski definition) is 4. The smallest absolute Gasteiger partial charge is 0.133 e. The Morgan fingerprint density at radius 1 is 1.50 bits per heavy atom. The van der Waals surface area contributed by atoms with E-state index >= 15 is 0 Å². The maximum absolute atomic E-state index is 5.61. The predicted molar refractivity (Wildman–Crippen MR) is 61.0 cm³/mol. The molecule has 14 heavy (non-hydrogen) atoms. The number of hydrogen-bond donors (Lipinski definition) is 2. The average Bonchev–Trinajstić information content (AvgIpc) is 2.62. The van der Waals surface area contributed by atoms with Crippen molar-refractivity contribution in [2.45, 2.75) is 6.92 Å². The average molecular weight is 205 g/mol. The van der Waals surface area contributed by atoms with Crippen molar-refractivity contribution < 1.29 is 0 Å². The highest BCUT2D eigenvalue weighted by atomic mass is 32.1. The molecular weight excluding hydrogens is 194 g/mol. The van der Waals surface area contributed by atoms with Gasteiger partial charge >= 0.3 is 0 Å². The van der Waals surface area contributed by atoms with Gasteiger partial charge in [-0.15, -0.1) is 0 Å². The fourth-order valence-corrected chi connectivity index (χ4v) is 1.79. The number of aromatic nitrogens is 1. The van der Waals surface area contributed by atoms with E-state index in [-0.39, 0.29) is 0 Å². The van der Waals surface area contributed by atoms with E-state index in [0.29, 0.717) is 5.69 Å². The fraction of sp³-hybridized carbons (Fsp3) is 0.100. The number of pyridine rings is 1. The Labute approximate surface area is 86.6 Å². The zero-order valence-electron chi connectivity index (χ0n) is 7.82. The summed E-state index contributed by atoms with van der Waals surface area (Å²) < 4.78 is 0. The van der Waals surface area contributed by atoms with Crippen LogP contribution in [0.5, 0.6) is 0 Å². The molecule has 0 saturated carbocycles. The lowest BCUT2D eigenvalue weighted by molar-refractivity contribution is 1.26. The Bertz CT molecular complexity index is 423. The standard InChI is InChI=1S/C10H11N3S/c1-7-4-8(11)5-12-10(7)13-9-2-3-14-6-9/h2-6H,11H2,1H3,(H,12,13). The minimum Gasteiger partial charge on any atom is -0.397 e. The highest BCUT2D eigenvalue weighted by molar-refractivity contribution is 7.08. The van der Waals surface area contributed by atoms with Crippen LogP contribution in [0.1, 0.15) is 5.56 Å². The minimum atomic E-state index is 0.693. The highest BCUT2D eigenvalue weighted by Gasteiger charge is 2.00. The van der Waals surface area contributed by atoms with Crippen molar-refractivity contribution in [1.82, 2.24) is 4.98 Å². The molecule has 0 aliphatic rings. The molecule has 2 aromatic rings. The molecule has 0 saturated heterocycles. The first-order valence-electron chi connectivity index (χ1n) is 4.27. The number of nitrogens with two attached hydrogens (primary N) is 1. The summed E-state index contributed by atoms with van der Waals surface area (Å²) in [5.74, 6) is 0.859. The Morgan fingerprint density at radius 2 is 2.36 bits per heavy atom. The monoisotopic (exact) mass is 205 g/mol. The van der Waals surface area contributed by atoms with Gasteiger partial charge in [0.2, 0.25) is 0 Å². The molecule has 2 aromatic heterocycles. The fourth-order valence-electron chi connectivity index (χ4n) is 1.20. The number of rotatable bonds is 2. The minimum absolute atomic E-state index is 0.693. The maximum Gasteiger partial charge on any atom is 0.133 e. The van der Waals surface area contributed by atoms with Gasteiger partial charge in [0.05, 0.1) is 17.6 Å². The van der Waals surface area contributed by atoms with Crippen LogP contribution in [-0.2, 0) is 0 Å². The largest absolute Gasteiger partial charge is 0.397 e. The van der Waals surface area contributed by atoms with Crippen LogP contribution in [0.3, 0.4) is 0 Å². The molecule has 2 rings (SSSR count). The summed E-state index contributed by atoms with van der Waals surface area (Å²) in [6.07, 6.45) is 1.65. The van der Waals surface area contributed by atoms with Gasteiger partial charge in [-0.2, -0.15) is 11.3 Å². The maximum atomic E-state index is 5.61. The van der Waals surface area contributed by atoms with Crippen molar-refractivity contribution in [2.75, 3.05) is 11.1 Å². The Balaban J connectivity index is 2.25. The van der Waals surface area contributed by atoms with E-state index in [1.54, 1.807) is 17.5 Å². The van der Waals surface area contributed by atoms with Crippen molar-refractivity contribution in [2.24, 2.45) is 0 Å². The second-order valence-corrected chi connectivity index (χ2v) is 3.85. The van der Waals surface area contributed by atoms with Crippen LogP contribution >= 0.6 is 11.3 Å². The molecule has 4 heteroatoms. The lowest BCUT2D eigenvalue weighted by atomic mass is 10.2. The van der Waals surface area contributed by atoms with Crippen LogP contribution in [0.25, 0.3) is 0 Å². The summed E-state index contributed by atoms with van der Waals surface area (Å²) in [5.41, 5.74) is 8.42. The molecule has 0 aliphatic carbocycles. The number of anilines is 3. The van der Waals surface area contributed by atoms with E-state index in [1.807, 2.05) is 29.8 Å². The van der Waals surface area contributed by atoms with Gasteiger partial charge in [0.15, 0.2) is 0 Å². The van der Waals surface area contributed by atoms with E-state index in [0.717, 1.165) is 17.1 Å². The SMILES string of the molecule is Cc1cc(N)cnc1Nc1ccsc1. The third-order valence-corrected chi connectivity index (χ3v) is 2.57. The van der Waals surface area contributed by atoms with E-state index in [1.165, 1.54) is 0 Å². The summed E-state index contributed by atoms with van der Waals surface area (Å²) >= 11 is 1.65. The van der Waals surface area contributed by atoms with Crippen molar-refractivity contribution in [3.05, 3.63) is 34.7 Å². The zero-order chi connectivity index (χ0) is 9.97. The normalized spacial score (nSPS) is 10.1. The molecule has 0 aliphatic heterocycles. The van der Waals surface area contributed by atoms with Gasteiger partial charge in [-0.05, 0) is 30.0 Å². The summed E-state index contributed by atoms with van der Waals surface area (Å²) in [5, 5.41) is 7.29. The molecule has 0 fully saturated rings. The van der Waals surface area contributed by atoms with Crippen LogP contribution in [0, 0.1) is 6.92 Å². The predicted octanol–water partition coefficient (Wildman–Crippen LogP) is 2.78. The van der Waals surface area contributed by atoms with Crippen LogP contribution < -0.4 is 11.1 Å². The van der Waals surface area contributed by atoms with Gasteiger partial charge in [0.1, 0.15) is 5.82 Å². The molecule has 72 valence electrons. The van der Waals surface area contributed by atoms with Crippen LogP contribution in [0.4, 0.5) is 17.2 Å². The second-order valence-electron chi connectivity index (χ2n) is 3.07. The summed E-state index contributed by atoms with van der Waals surface area (Å²) in [6, 6.07) is 3.92. The van der Waals surface area contributed by atoms with Gasteiger partial charge in [-0.3, -0.25) is 0 Å². The number of thiophene rings is 1. The lowest BCUT2D eigenvalue weighted by Gasteiger charge is -2.06. The van der Waals surface area contributed by atoms with Crippen LogP contribution in [0.2, 0.25) is 0 Å². The summed E-state index contributed by atoms with van der Waals surface area (Å²) in [6.45, 7) is 1.98. The molecule has 0 bridgehead atoms. The molecule has 0 aromatic carbocycles. The topological polar surface area (TPSA) is 50.9 Å². The molecule has 0 radical (unpaired) electrons. The summed E-state index contributed by atoms with van der Waals surface area (Å²) in [4.78, 5) is 4.22. The number of aryl methyl sites for hydroxylation is 1. The van der Waals surface area contributed by atoms with Gasteiger partial charge in [0.25, 0.3) is 0 Å². The second kappa shape index (κ2) is 3.67. The van der Waals surface area contributed by atoms with Crippen molar-refractivity contribution in [3.63, 3.8) is 0 Å². The number of nitrogen functional groups attached to an aromatic ring is 1. The Kier molecular flexibility index (Phi) is 2.37. The zero-order valence-corrected chi connectivity index (χ0v) is 8.64. The van der Waals surface area contributed by atoms with E-state index in [9.17, 15) is 0 Å². The molecule has 0 spiro atoms. The van der Waals surface area contributed by atoms with E-state index < -0.39 is 0 Å². The van der Waals surface area contributed by atoms with Crippen LogP contribution in [-0.4, -0.2) is 4.98 Å². The van der Waals surface area contributed by atoms with Gasteiger partial charge in [0, 0.05) is 5.38 Å². The number of nitrogens with one attached hydrogen (secondary N) is 1. The van der Waals surface area contributed by atoms with E-state index in [2.05, 4.69) is 10.3 Å². The third-order valence-electron chi connectivity index (χ3n) is 1.88. The van der Waals surface area contributed by atoms with Gasteiger partial charge in [-0.25, -0.2) is 4.98 Å².